The Kier molecular flexibility index (Phi) is 5.24. The average Bonchev–Trinajstić information content (AvgIpc) is 2.93. The predicted octanol–water partition coefficient (Wildman–Crippen LogP) is 3.05. The number of para-hydroxylation sites is 1. The monoisotopic (exact) mass is 399 g/mol. The van der Waals surface area contributed by atoms with Gasteiger partial charge in [0.2, 0.25) is 5.91 Å². The molecule has 2 amide bonds. The minimum Gasteiger partial charge on any atom is -0.337 e. The summed E-state index contributed by atoms with van der Waals surface area (Å²) in [6.07, 6.45) is 0. The molecule has 0 saturated carbocycles. The quantitative estimate of drug-likeness (QED) is 0.689. The lowest BCUT2D eigenvalue weighted by Crippen LogP contribution is -2.28. The Bertz CT molecular complexity index is 1160. The van der Waals surface area contributed by atoms with Gasteiger partial charge in [-0.1, -0.05) is 18.2 Å². The molecule has 3 aromatic rings. The third kappa shape index (κ3) is 3.63. The van der Waals surface area contributed by atoms with Crippen molar-refractivity contribution in [1.29, 1.82) is 0 Å². The molecule has 0 fully saturated rings. The normalized spacial score (nSPS) is 11.4. The maximum Gasteiger partial charge on any atom is 0.272 e. The molecule has 0 atom stereocenters. The molecule has 1 heterocycles. The van der Waals surface area contributed by atoms with Crippen LogP contribution in [0.5, 0.6) is 0 Å². The van der Waals surface area contributed by atoms with Gasteiger partial charge in [0.15, 0.2) is 0 Å². The molecule has 28 heavy (non-hydrogen) atoms. The van der Waals surface area contributed by atoms with Crippen LogP contribution in [-0.2, 0) is 21.4 Å². The van der Waals surface area contributed by atoms with Gasteiger partial charge in [-0.3, -0.25) is 9.59 Å². The van der Waals surface area contributed by atoms with E-state index in [0.29, 0.717) is 17.9 Å². The Labute approximate surface area is 163 Å². The SMILES string of the molecule is CCn1c(C(=O)Nc2ccc(S(=O)(=O)NC(C)=O)cc2)c(C)c2ccccc21. The Morgan fingerprint density at radius 2 is 1.68 bits per heavy atom. The largest absolute Gasteiger partial charge is 0.337 e. The van der Waals surface area contributed by atoms with Crippen molar-refractivity contribution in [3.05, 3.63) is 59.8 Å². The van der Waals surface area contributed by atoms with Gasteiger partial charge in [-0.05, 0) is 49.7 Å². The number of sulfonamides is 1. The molecule has 0 unspecified atom stereocenters. The van der Waals surface area contributed by atoms with E-state index in [1.807, 2.05) is 47.4 Å². The number of carbonyl (C=O) groups excluding carboxylic acids is 2. The third-order valence-corrected chi connectivity index (χ3v) is 5.90. The van der Waals surface area contributed by atoms with Crippen molar-refractivity contribution in [2.24, 2.45) is 0 Å². The van der Waals surface area contributed by atoms with E-state index in [4.69, 9.17) is 0 Å². The van der Waals surface area contributed by atoms with Crippen LogP contribution in [-0.4, -0.2) is 24.8 Å². The van der Waals surface area contributed by atoms with Gasteiger partial charge in [0.1, 0.15) is 5.69 Å². The van der Waals surface area contributed by atoms with Crippen LogP contribution in [0.4, 0.5) is 5.69 Å². The molecule has 0 aliphatic carbocycles. The van der Waals surface area contributed by atoms with Crippen molar-refractivity contribution in [3.8, 4) is 0 Å². The molecule has 2 aromatic carbocycles. The first kappa shape index (κ1) is 19.6. The molecule has 1 aromatic heterocycles. The number of benzene rings is 2. The van der Waals surface area contributed by atoms with Crippen molar-refractivity contribution in [2.75, 3.05) is 5.32 Å². The van der Waals surface area contributed by atoms with Gasteiger partial charge < -0.3 is 9.88 Å². The number of hydrogen-bond donors (Lipinski definition) is 2. The number of anilines is 1. The minimum atomic E-state index is -3.91. The lowest BCUT2D eigenvalue weighted by molar-refractivity contribution is -0.117. The molecule has 0 spiro atoms. The van der Waals surface area contributed by atoms with Crippen molar-refractivity contribution in [1.82, 2.24) is 9.29 Å². The topological polar surface area (TPSA) is 97.3 Å². The van der Waals surface area contributed by atoms with E-state index in [9.17, 15) is 18.0 Å². The summed E-state index contributed by atoms with van der Waals surface area (Å²) in [5.41, 5.74) is 2.90. The number of carbonyl (C=O) groups is 2. The molecule has 7 nitrogen and oxygen atoms in total. The molecule has 0 aliphatic rings. The summed E-state index contributed by atoms with van der Waals surface area (Å²) in [4.78, 5) is 23.9. The zero-order chi connectivity index (χ0) is 20.5. The van der Waals surface area contributed by atoms with Gasteiger partial charge in [0, 0.05) is 30.1 Å². The lowest BCUT2D eigenvalue weighted by Gasteiger charge is -2.11. The Balaban J connectivity index is 1.89. The molecule has 2 N–H and O–H groups in total. The molecule has 0 saturated heterocycles. The number of aromatic nitrogens is 1. The molecule has 0 bridgehead atoms. The smallest absolute Gasteiger partial charge is 0.272 e. The highest BCUT2D eigenvalue weighted by Gasteiger charge is 2.20. The van der Waals surface area contributed by atoms with Crippen molar-refractivity contribution in [2.45, 2.75) is 32.2 Å². The first-order valence-corrected chi connectivity index (χ1v) is 10.3. The van der Waals surface area contributed by atoms with Gasteiger partial charge in [-0.25, -0.2) is 13.1 Å². The summed E-state index contributed by atoms with van der Waals surface area (Å²) in [7, 11) is -3.91. The zero-order valence-corrected chi connectivity index (χ0v) is 16.6. The van der Waals surface area contributed by atoms with Gasteiger partial charge in [-0.15, -0.1) is 0 Å². The van der Waals surface area contributed by atoms with E-state index >= 15 is 0 Å². The fraction of sp³-hybridized carbons (Fsp3) is 0.200. The van der Waals surface area contributed by atoms with Crippen LogP contribution in [0, 0.1) is 6.92 Å². The molecule has 146 valence electrons. The highest BCUT2D eigenvalue weighted by molar-refractivity contribution is 7.90. The van der Waals surface area contributed by atoms with Crippen LogP contribution in [0.3, 0.4) is 0 Å². The summed E-state index contributed by atoms with van der Waals surface area (Å²) < 4.78 is 27.9. The van der Waals surface area contributed by atoms with Crippen LogP contribution in [0.25, 0.3) is 10.9 Å². The summed E-state index contributed by atoms with van der Waals surface area (Å²) in [6, 6.07) is 13.5. The molecular weight excluding hydrogens is 378 g/mol. The number of aryl methyl sites for hydroxylation is 2. The number of hydrogen-bond acceptors (Lipinski definition) is 4. The van der Waals surface area contributed by atoms with E-state index in [0.717, 1.165) is 23.4 Å². The van der Waals surface area contributed by atoms with E-state index < -0.39 is 15.9 Å². The summed E-state index contributed by atoms with van der Waals surface area (Å²) in [5.74, 6) is -0.937. The van der Waals surface area contributed by atoms with E-state index in [1.165, 1.54) is 24.3 Å². The van der Waals surface area contributed by atoms with Crippen molar-refractivity contribution in [3.63, 3.8) is 0 Å². The first-order valence-electron chi connectivity index (χ1n) is 8.77. The molecule has 8 heteroatoms. The molecule has 3 rings (SSSR count). The second-order valence-corrected chi connectivity index (χ2v) is 8.06. The highest BCUT2D eigenvalue weighted by atomic mass is 32.2. The Morgan fingerprint density at radius 1 is 1.04 bits per heavy atom. The van der Waals surface area contributed by atoms with E-state index in [-0.39, 0.29) is 10.8 Å². The maximum absolute atomic E-state index is 12.9. The second-order valence-electron chi connectivity index (χ2n) is 6.38. The fourth-order valence-corrected chi connectivity index (χ4v) is 4.24. The van der Waals surface area contributed by atoms with Crippen molar-refractivity contribution < 1.29 is 18.0 Å². The number of nitrogens with one attached hydrogen (secondary N) is 2. The maximum atomic E-state index is 12.9. The van der Waals surface area contributed by atoms with Crippen LogP contribution < -0.4 is 10.0 Å². The lowest BCUT2D eigenvalue weighted by atomic mass is 10.1. The summed E-state index contributed by atoms with van der Waals surface area (Å²) >= 11 is 0. The first-order chi connectivity index (χ1) is 13.2. The third-order valence-electron chi connectivity index (χ3n) is 4.46. The number of rotatable bonds is 5. The van der Waals surface area contributed by atoms with Gasteiger partial charge >= 0.3 is 0 Å². The predicted molar refractivity (Wildman–Crippen MR) is 108 cm³/mol. The van der Waals surface area contributed by atoms with Crippen molar-refractivity contribution >= 4 is 38.4 Å². The zero-order valence-electron chi connectivity index (χ0n) is 15.8. The van der Waals surface area contributed by atoms with Crippen LogP contribution in [0.1, 0.15) is 29.9 Å². The number of nitrogens with zero attached hydrogens (tertiary/aromatic N) is 1. The van der Waals surface area contributed by atoms with Gasteiger partial charge in [0.25, 0.3) is 15.9 Å². The standard InChI is InChI=1S/C20H21N3O4S/c1-4-23-18-8-6-5-7-17(18)13(2)19(23)20(25)21-15-9-11-16(12-10-15)28(26,27)22-14(3)24/h5-12H,4H2,1-3H3,(H,21,25)(H,22,24). The van der Waals surface area contributed by atoms with Gasteiger partial charge in [0.05, 0.1) is 4.90 Å². The Hall–Kier alpha value is -3.13. The van der Waals surface area contributed by atoms with Gasteiger partial charge in [-0.2, -0.15) is 0 Å². The number of fused-ring (bicyclic) bond motifs is 1. The van der Waals surface area contributed by atoms with Crippen LogP contribution >= 0.6 is 0 Å². The Morgan fingerprint density at radius 3 is 2.29 bits per heavy atom. The van der Waals surface area contributed by atoms with Crippen LogP contribution in [0.15, 0.2) is 53.4 Å². The summed E-state index contributed by atoms with van der Waals surface area (Å²) in [5, 5.41) is 3.83. The number of amides is 2. The molecular formula is C20H21N3O4S. The highest BCUT2D eigenvalue weighted by Crippen LogP contribution is 2.26. The van der Waals surface area contributed by atoms with Crippen LogP contribution in [0.2, 0.25) is 0 Å². The minimum absolute atomic E-state index is 0.0560. The van der Waals surface area contributed by atoms with E-state index in [2.05, 4.69) is 5.32 Å². The van der Waals surface area contributed by atoms with E-state index in [1.54, 1.807) is 0 Å². The molecule has 0 aliphatic heterocycles. The fourth-order valence-electron chi connectivity index (χ4n) is 3.25. The average molecular weight is 399 g/mol. The molecule has 0 radical (unpaired) electrons. The summed E-state index contributed by atoms with van der Waals surface area (Å²) in [6.45, 7) is 5.66. The second kappa shape index (κ2) is 7.47.